The molecule has 2 aliphatic carbocycles. The summed E-state index contributed by atoms with van der Waals surface area (Å²) in [7, 11) is 0. The minimum Gasteiger partial charge on any atom is -0.418 e. The monoisotopic (exact) mass is 1170 g/mol. The van der Waals surface area contributed by atoms with E-state index in [0.717, 1.165) is 0 Å². The summed E-state index contributed by atoms with van der Waals surface area (Å²) in [6.07, 6.45) is -3.71. The van der Waals surface area contributed by atoms with Crippen molar-refractivity contribution < 1.29 is 104 Å². The number of ether oxygens (including phenoxy) is 20. The van der Waals surface area contributed by atoms with E-state index >= 15 is 0 Å². The fourth-order valence-electron chi connectivity index (χ4n) is 12.9. The lowest BCUT2D eigenvalue weighted by molar-refractivity contribution is -0.628. The summed E-state index contributed by atoms with van der Waals surface area (Å²) in [5, 5.41) is 0. The third-order valence-corrected chi connectivity index (χ3v) is 14.4. The maximum atomic E-state index is 15.0. The quantitative estimate of drug-likeness (QED) is 0.0317. The van der Waals surface area contributed by atoms with Crippen molar-refractivity contribution >= 4 is 11.9 Å². The summed E-state index contributed by atoms with van der Waals surface area (Å²) < 4.78 is 147. The summed E-state index contributed by atoms with van der Waals surface area (Å²) in [4.78, 5) is 29.9. The van der Waals surface area contributed by atoms with Crippen molar-refractivity contribution in [2.45, 2.75) is 222 Å². The highest BCUT2D eigenvalue weighted by molar-refractivity contribution is 5.88. The zero-order valence-corrected chi connectivity index (χ0v) is 53.8. The van der Waals surface area contributed by atoms with E-state index in [9.17, 15) is 9.59 Å². The minimum absolute atomic E-state index is 0.0435. The highest BCUT2D eigenvalue weighted by Gasteiger charge is 3.02. The van der Waals surface area contributed by atoms with Gasteiger partial charge in [0.05, 0.1) is 0 Å². The van der Waals surface area contributed by atoms with Crippen molar-refractivity contribution in [2.75, 3.05) is 119 Å². The molecule has 0 amide bonds. The van der Waals surface area contributed by atoms with E-state index in [0.29, 0.717) is 0 Å². The molecule has 2 rings (SSSR count). The Kier molecular flexibility index (Phi) is 29.5. The first kappa shape index (κ1) is 74.8. The summed E-state index contributed by atoms with van der Waals surface area (Å²) in [6.45, 7) is 42.2. The fraction of sp³-hybridized carbons (Fsp3) is 0.898. The molecule has 6 unspecified atom stereocenters. The van der Waals surface area contributed by atoms with E-state index in [1.165, 1.54) is 13.8 Å². The number of esters is 2. The molecule has 22 nitrogen and oxygen atoms in total. The van der Waals surface area contributed by atoms with Gasteiger partial charge in [-0.3, -0.25) is 0 Å². The second kappa shape index (κ2) is 31.9. The zero-order chi connectivity index (χ0) is 61.8. The molecule has 0 radical (unpaired) electrons. The van der Waals surface area contributed by atoms with Crippen molar-refractivity contribution in [3.63, 3.8) is 0 Å². The molecule has 81 heavy (non-hydrogen) atoms. The van der Waals surface area contributed by atoms with Crippen LogP contribution >= 0.6 is 0 Å². The number of carbonyl (C=O) groups is 2. The topological polar surface area (TPSA) is 219 Å². The average molecular weight is 1170 g/mol. The van der Waals surface area contributed by atoms with Gasteiger partial charge in [-0.05, 0) is 138 Å². The van der Waals surface area contributed by atoms with Crippen LogP contribution in [0.2, 0.25) is 0 Å². The molecular formula is C59H108O22. The van der Waals surface area contributed by atoms with Gasteiger partial charge in [-0.2, -0.15) is 0 Å². The molecule has 6 atom stereocenters. The van der Waals surface area contributed by atoms with E-state index in [1.807, 2.05) is 0 Å². The first-order valence-corrected chi connectivity index (χ1v) is 29.7. The second-order valence-electron chi connectivity index (χ2n) is 19.1. The van der Waals surface area contributed by atoms with Gasteiger partial charge >= 0.3 is 35.1 Å². The summed E-state index contributed by atoms with van der Waals surface area (Å²) in [6, 6.07) is 0. The molecule has 2 fully saturated rings. The molecule has 0 saturated heterocycles. The van der Waals surface area contributed by atoms with Gasteiger partial charge in [0, 0.05) is 135 Å². The molecule has 0 N–H and O–H groups in total. The van der Waals surface area contributed by atoms with Crippen LogP contribution in [-0.2, 0) is 104 Å². The first-order valence-electron chi connectivity index (χ1n) is 29.7. The largest absolute Gasteiger partial charge is 0.418 e. The summed E-state index contributed by atoms with van der Waals surface area (Å²) in [5.41, 5.74) is -7.44. The maximum Gasteiger partial charge on any atom is 0.336 e. The third-order valence-electron chi connectivity index (χ3n) is 14.4. The van der Waals surface area contributed by atoms with Crippen molar-refractivity contribution in [3.05, 3.63) is 24.3 Å². The molecule has 0 heterocycles. The minimum atomic E-state index is -2.80. The smallest absolute Gasteiger partial charge is 0.336 e. The Morgan fingerprint density at radius 3 is 0.691 bits per heavy atom. The Morgan fingerprint density at radius 1 is 0.309 bits per heavy atom. The number of hydrogen-bond donors (Lipinski definition) is 0. The van der Waals surface area contributed by atoms with Gasteiger partial charge in [-0.1, -0.05) is 27.0 Å². The predicted octanol–water partition coefficient (Wildman–Crippen LogP) is 8.72. The third kappa shape index (κ3) is 11.2. The molecule has 2 aliphatic rings. The maximum absolute atomic E-state index is 15.0. The average Bonchev–Trinajstić information content (AvgIpc) is 3.41. The Morgan fingerprint density at radius 2 is 0.506 bits per heavy atom. The van der Waals surface area contributed by atoms with Crippen LogP contribution in [0.5, 0.6) is 0 Å². The van der Waals surface area contributed by atoms with Crippen LogP contribution in [0, 0.1) is 5.41 Å². The molecule has 476 valence electrons. The van der Waals surface area contributed by atoms with Crippen LogP contribution < -0.4 is 0 Å². The second-order valence-corrected chi connectivity index (χ2v) is 19.1. The van der Waals surface area contributed by atoms with Crippen LogP contribution in [0.4, 0.5) is 0 Å². The normalized spacial score (nSPS) is 27.2. The summed E-state index contributed by atoms with van der Waals surface area (Å²) in [5.74, 6) is -23.7. The molecule has 0 spiro atoms. The van der Waals surface area contributed by atoms with Gasteiger partial charge in [0.25, 0.3) is 23.1 Å². The van der Waals surface area contributed by atoms with Crippen molar-refractivity contribution in [1.29, 1.82) is 0 Å². The van der Waals surface area contributed by atoms with E-state index in [-0.39, 0.29) is 130 Å². The molecule has 22 heteroatoms. The molecule has 0 aliphatic heterocycles. The van der Waals surface area contributed by atoms with Crippen LogP contribution in [0.15, 0.2) is 24.3 Å². The highest BCUT2D eigenvalue weighted by atomic mass is 16.9. The Bertz CT molecular complexity index is 1760. The SMILES string of the molecule is C=C(C)C(=O)OC1(OCC)C(OCC)(OCC)C(OCC)C(OCC)(C(C)(C)C2(OCC)C(OCC)C(OCC)(OCC)C(OCC)(OC(=O)C(=C)C)C(OCC)(OCC)C2(OCC)OCC)C(OCC)(OCC)C1(OCC)OCC. The molecule has 2 saturated carbocycles. The van der Waals surface area contributed by atoms with Gasteiger partial charge in [0.15, 0.2) is 23.4 Å². The Balaban J connectivity index is 4.47. The lowest BCUT2D eigenvalue weighted by Gasteiger charge is -2.78. The van der Waals surface area contributed by atoms with Crippen molar-refractivity contribution in [2.24, 2.45) is 5.41 Å². The summed E-state index contributed by atoms with van der Waals surface area (Å²) >= 11 is 0. The fourth-order valence-corrected chi connectivity index (χ4v) is 12.9. The van der Waals surface area contributed by atoms with Gasteiger partial charge in [-0.25, -0.2) is 9.59 Å². The number of hydrogen-bond acceptors (Lipinski definition) is 22. The van der Waals surface area contributed by atoms with E-state index in [4.69, 9.17) is 94.7 Å². The number of rotatable bonds is 42. The molecule has 0 aromatic carbocycles. The highest BCUT2D eigenvalue weighted by Crippen LogP contribution is 2.75. The van der Waals surface area contributed by atoms with Crippen molar-refractivity contribution in [3.8, 4) is 0 Å². The van der Waals surface area contributed by atoms with Gasteiger partial charge < -0.3 is 94.7 Å². The standard InChI is InChI=1S/C59H108O22/c1-25-62-47-50(64-27-3,54(70-33-9,71-34-10)58(76-39-15,77-40-16)56(74-37-13,80-45(60)43(19)20)52(47,66-29-5)67-30-6)49(23,24)51(65-28-4)48(63-26-2)53(68-31-7,69-32-8)57(75-38-14,81-46(61)44(21)22)59(78-41-17,79-42-18)55(51,72-35-11)73-36-12/h47-48H,19,21,25-42H2,1-18,20,22-24H3. The first-order chi connectivity index (χ1) is 38.5. The Hall–Kier alpha value is -2.30. The molecule has 0 aromatic heterocycles. The van der Waals surface area contributed by atoms with E-state index < -0.39 is 87.1 Å². The van der Waals surface area contributed by atoms with E-state index in [1.54, 1.807) is 138 Å². The Labute approximate surface area is 485 Å². The van der Waals surface area contributed by atoms with Crippen LogP contribution in [0.1, 0.15) is 152 Å². The molecule has 0 bridgehead atoms. The predicted molar refractivity (Wildman–Crippen MR) is 300 cm³/mol. The van der Waals surface area contributed by atoms with E-state index in [2.05, 4.69) is 13.2 Å². The van der Waals surface area contributed by atoms with Crippen molar-refractivity contribution in [1.82, 2.24) is 0 Å². The van der Waals surface area contributed by atoms with Gasteiger partial charge in [0.2, 0.25) is 0 Å². The lowest BCUT2D eigenvalue weighted by Crippen LogP contribution is -3.02. The lowest BCUT2D eigenvalue weighted by atomic mass is 9.45. The number of carbonyl (C=O) groups excluding carboxylic acids is 2. The van der Waals surface area contributed by atoms with Gasteiger partial charge in [0.1, 0.15) is 0 Å². The van der Waals surface area contributed by atoms with Crippen LogP contribution in [0.3, 0.4) is 0 Å². The van der Waals surface area contributed by atoms with Crippen LogP contribution in [-0.4, -0.2) is 201 Å². The van der Waals surface area contributed by atoms with Gasteiger partial charge in [-0.15, -0.1) is 0 Å². The zero-order valence-electron chi connectivity index (χ0n) is 53.8. The molecular weight excluding hydrogens is 1060 g/mol. The molecule has 0 aromatic rings. The van der Waals surface area contributed by atoms with Crippen LogP contribution in [0.25, 0.3) is 0 Å².